The molecule has 0 aromatic carbocycles. The zero-order chi connectivity index (χ0) is 18.3. The molecule has 3 heterocycles. The molecule has 0 bridgehead atoms. The minimum absolute atomic E-state index is 0.00190. The lowest BCUT2D eigenvalue weighted by molar-refractivity contribution is 0.364. The molecule has 0 saturated heterocycles. The number of hydrogen-bond acceptors (Lipinski definition) is 7. The Balaban J connectivity index is 1.60. The molecule has 1 atom stereocenters. The summed E-state index contributed by atoms with van der Waals surface area (Å²) in [5, 5.41) is 13.9. The standard InChI is InChI=1S/C18H22N6OS/c1-11(15-20-16(23-25-15)18(2,3)4)26-17-22-21-14(24(17)13-7-8-13)12-6-5-9-19-10-12/h5-6,9-11,13H,7-8H2,1-4H3/t11-/m0/s1. The Hall–Kier alpha value is -2.22. The number of nitrogens with zero attached hydrogens (tertiary/aromatic N) is 6. The van der Waals surface area contributed by atoms with Crippen LogP contribution in [0.3, 0.4) is 0 Å². The van der Waals surface area contributed by atoms with Gasteiger partial charge < -0.3 is 4.52 Å². The maximum absolute atomic E-state index is 5.48. The molecular formula is C18H22N6OS. The van der Waals surface area contributed by atoms with Crippen molar-refractivity contribution in [1.29, 1.82) is 0 Å². The van der Waals surface area contributed by atoms with Crippen molar-refractivity contribution in [3.63, 3.8) is 0 Å². The first-order valence-electron chi connectivity index (χ1n) is 8.79. The van der Waals surface area contributed by atoms with E-state index in [1.54, 1.807) is 18.0 Å². The van der Waals surface area contributed by atoms with Crippen molar-refractivity contribution >= 4 is 11.8 Å². The van der Waals surface area contributed by atoms with Crippen LogP contribution in [0.15, 0.2) is 34.2 Å². The molecule has 3 aromatic heterocycles. The SMILES string of the molecule is C[C@H](Sc1nnc(-c2cccnc2)n1C1CC1)c1nc(C(C)(C)C)no1. The van der Waals surface area contributed by atoms with E-state index in [9.17, 15) is 0 Å². The van der Waals surface area contributed by atoms with Gasteiger partial charge in [0, 0.05) is 29.4 Å². The van der Waals surface area contributed by atoms with Gasteiger partial charge in [-0.05, 0) is 31.9 Å². The second-order valence-electron chi connectivity index (χ2n) is 7.62. The van der Waals surface area contributed by atoms with Crippen LogP contribution >= 0.6 is 11.8 Å². The quantitative estimate of drug-likeness (QED) is 0.622. The largest absolute Gasteiger partial charge is 0.338 e. The van der Waals surface area contributed by atoms with Gasteiger partial charge in [0.1, 0.15) is 0 Å². The van der Waals surface area contributed by atoms with Crippen LogP contribution in [0.1, 0.15) is 63.5 Å². The average molecular weight is 370 g/mol. The molecule has 1 fully saturated rings. The highest BCUT2D eigenvalue weighted by Gasteiger charge is 2.32. The second-order valence-corrected chi connectivity index (χ2v) is 8.92. The molecule has 1 saturated carbocycles. The third-order valence-electron chi connectivity index (χ3n) is 4.24. The molecule has 0 spiro atoms. The van der Waals surface area contributed by atoms with E-state index >= 15 is 0 Å². The summed E-state index contributed by atoms with van der Waals surface area (Å²) in [6, 6.07) is 4.40. The average Bonchev–Trinajstić information content (AvgIpc) is 3.16. The van der Waals surface area contributed by atoms with E-state index in [-0.39, 0.29) is 10.7 Å². The summed E-state index contributed by atoms with van der Waals surface area (Å²) in [6.07, 6.45) is 5.90. The van der Waals surface area contributed by atoms with Crippen LogP contribution in [0.4, 0.5) is 0 Å². The molecule has 136 valence electrons. The zero-order valence-electron chi connectivity index (χ0n) is 15.4. The van der Waals surface area contributed by atoms with Crippen molar-refractivity contribution in [2.75, 3.05) is 0 Å². The third-order valence-corrected chi connectivity index (χ3v) is 5.28. The summed E-state index contributed by atoms with van der Waals surface area (Å²) < 4.78 is 7.70. The predicted molar refractivity (Wildman–Crippen MR) is 98.8 cm³/mol. The summed E-state index contributed by atoms with van der Waals surface area (Å²) in [5.74, 6) is 2.21. The lowest BCUT2D eigenvalue weighted by atomic mass is 9.96. The zero-order valence-corrected chi connectivity index (χ0v) is 16.2. The number of aromatic nitrogens is 6. The van der Waals surface area contributed by atoms with E-state index in [1.165, 1.54) is 0 Å². The summed E-state index contributed by atoms with van der Waals surface area (Å²) >= 11 is 1.60. The van der Waals surface area contributed by atoms with Crippen molar-refractivity contribution in [1.82, 2.24) is 29.9 Å². The lowest BCUT2D eigenvalue weighted by Gasteiger charge is -2.12. The number of rotatable bonds is 5. The van der Waals surface area contributed by atoms with Gasteiger partial charge in [0.05, 0.1) is 5.25 Å². The number of pyridine rings is 1. The maximum atomic E-state index is 5.48. The van der Waals surface area contributed by atoms with Crippen LogP contribution in [0.2, 0.25) is 0 Å². The molecule has 0 N–H and O–H groups in total. The Morgan fingerprint density at radius 1 is 1.27 bits per heavy atom. The predicted octanol–water partition coefficient (Wildman–Crippen LogP) is 4.21. The van der Waals surface area contributed by atoms with E-state index in [1.807, 2.05) is 18.3 Å². The first kappa shape index (κ1) is 17.2. The van der Waals surface area contributed by atoms with Gasteiger partial charge in [0.15, 0.2) is 16.8 Å². The van der Waals surface area contributed by atoms with Crippen molar-refractivity contribution in [2.24, 2.45) is 0 Å². The van der Waals surface area contributed by atoms with Crippen LogP contribution in [0.25, 0.3) is 11.4 Å². The smallest absolute Gasteiger partial charge is 0.239 e. The van der Waals surface area contributed by atoms with Gasteiger partial charge in [-0.1, -0.05) is 37.7 Å². The van der Waals surface area contributed by atoms with Gasteiger partial charge in [-0.25, -0.2) is 0 Å². The van der Waals surface area contributed by atoms with Gasteiger partial charge in [0.2, 0.25) is 5.89 Å². The Morgan fingerprint density at radius 3 is 2.69 bits per heavy atom. The topological polar surface area (TPSA) is 82.5 Å². The van der Waals surface area contributed by atoms with E-state index in [0.29, 0.717) is 11.9 Å². The highest BCUT2D eigenvalue weighted by Crippen LogP contribution is 2.43. The van der Waals surface area contributed by atoms with E-state index < -0.39 is 0 Å². The fourth-order valence-corrected chi connectivity index (χ4v) is 3.57. The minimum atomic E-state index is -0.131. The summed E-state index contributed by atoms with van der Waals surface area (Å²) in [5.41, 5.74) is 0.854. The van der Waals surface area contributed by atoms with Crippen molar-refractivity contribution in [3.05, 3.63) is 36.2 Å². The number of hydrogen-bond donors (Lipinski definition) is 0. The summed E-state index contributed by atoms with van der Waals surface area (Å²) in [7, 11) is 0. The maximum Gasteiger partial charge on any atom is 0.239 e. The molecule has 1 aliphatic carbocycles. The van der Waals surface area contributed by atoms with Crippen LogP contribution in [-0.4, -0.2) is 29.9 Å². The summed E-state index contributed by atoms with van der Waals surface area (Å²) in [6.45, 7) is 8.27. The van der Waals surface area contributed by atoms with Gasteiger partial charge in [0.25, 0.3) is 0 Å². The van der Waals surface area contributed by atoms with E-state index in [2.05, 4.69) is 57.6 Å². The molecule has 0 amide bonds. The molecule has 7 nitrogen and oxygen atoms in total. The van der Waals surface area contributed by atoms with Crippen molar-refractivity contribution < 1.29 is 4.52 Å². The first-order valence-corrected chi connectivity index (χ1v) is 9.67. The molecule has 0 aliphatic heterocycles. The Kier molecular flexibility index (Phi) is 4.30. The molecule has 1 aliphatic rings. The number of thioether (sulfide) groups is 1. The summed E-state index contributed by atoms with van der Waals surface area (Å²) in [4.78, 5) is 8.77. The van der Waals surface area contributed by atoms with Gasteiger partial charge in [-0.3, -0.25) is 9.55 Å². The molecule has 3 aromatic rings. The Bertz CT molecular complexity index is 894. The van der Waals surface area contributed by atoms with Crippen LogP contribution in [0, 0.1) is 0 Å². The highest BCUT2D eigenvalue weighted by molar-refractivity contribution is 7.99. The van der Waals surface area contributed by atoms with Gasteiger partial charge >= 0.3 is 0 Å². The van der Waals surface area contributed by atoms with Crippen LogP contribution in [0.5, 0.6) is 0 Å². The second kappa shape index (κ2) is 6.50. The molecule has 8 heteroatoms. The monoisotopic (exact) mass is 370 g/mol. The van der Waals surface area contributed by atoms with Crippen LogP contribution in [-0.2, 0) is 5.41 Å². The fourth-order valence-electron chi connectivity index (χ4n) is 2.62. The van der Waals surface area contributed by atoms with Crippen molar-refractivity contribution in [3.8, 4) is 11.4 Å². The van der Waals surface area contributed by atoms with Crippen molar-refractivity contribution in [2.45, 2.75) is 62.4 Å². The van der Waals surface area contributed by atoms with E-state index in [0.717, 1.165) is 35.2 Å². The van der Waals surface area contributed by atoms with Gasteiger partial charge in [-0.2, -0.15) is 4.98 Å². The lowest BCUT2D eigenvalue weighted by Crippen LogP contribution is -2.13. The van der Waals surface area contributed by atoms with Gasteiger partial charge in [-0.15, -0.1) is 10.2 Å². The molecule has 0 radical (unpaired) electrons. The fraction of sp³-hybridized carbons (Fsp3) is 0.500. The third kappa shape index (κ3) is 3.38. The van der Waals surface area contributed by atoms with E-state index in [4.69, 9.17) is 4.52 Å². The molecular weight excluding hydrogens is 348 g/mol. The van der Waals surface area contributed by atoms with Crippen LogP contribution < -0.4 is 0 Å². The Labute approximate surface area is 156 Å². The minimum Gasteiger partial charge on any atom is -0.338 e. The molecule has 0 unspecified atom stereocenters. The first-order chi connectivity index (χ1) is 12.4. The molecule has 4 rings (SSSR count). The normalized spacial score (nSPS) is 16.0. The molecule has 26 heavy (non-hydrogen) atoms. The highest BCUT2D eigenvalue weighted by atomic mass is 32.2. The Morgan fingerprint density at radius 2 is 2.08 bits per heavy atom.